The van der Waals surface area contributed by atoms with Crippen LogP contribution in [0, 0.1) is 0 Å². The van der Waals surface area contributed by atoms with Crippen molar-refractivity contribution in [3.05, 3.63) is 57.8 Å². The Morgan fingerprint density at radius 3 is 2.70 bits per heavy atom. The fraction of sp³-hybridized carbons (Fsp3) is 0.350. The van der Waals surface area contributed by atoms with Crippen LogP contribution in [-0.4, -0.2) is 34.3 Å². The van der Waals surface area contributed by atoms with E-state index in [2.05, 4.69) is 5.32 Å². The molecule has 2 atom stereocenters. The summed E-state index contributed by atoms with van der Waals surface area (Å²) in [6.07, 6.45) is 0.701. The molecule has 0 saturated carbocycles. The van der Waals surface area contributed by atoms with Gasteiger partial charge >= 0.3 is 5.97 Å². The molecule has 0 spiro atoms. The third kappa shape index (κ3) is 4.54. The van der Waals surface area contributed by atoms with E-state index in [1.807, 2.05) is 41.8 Å². The molecule has 1 aromatic heterocycles. The summed E-state index contributed by atoms with van der Waals surface area (Å²) in [5.41, 5.74) is 2.13. The number of aliphatic carboxylic acids is 1. The first-order chi connectivity index (χ1) is 13.0. The molecule has 0 fully saturated rings. The van der Waals surface area contributed by atoms with Crippen LogP contribution < -0.4 is 5.32 Å². The highest BCUT2D eigenvalue weighted by molar-refractivity contribution is 7.10. The lowest BCUT2D eigenvalue weighted by Crippen LogP contribution is -2.41. The highest BCUT2D eigenvalue weighted by Gasteiger charge is 2.31. The van der Waals surface area contributed by atoms with Gasteiger partial charge in [0, 0.05) is 18.3 Å². The monoisotopic (exact) mass is 386 g/mol. The summed E-state index contributed by atoms with van der Waals surface area (Å²) in [4.78, 5) is 38.5. The second kappa shape index (κ2) is 8.35. The molecule has 2 heterocycles. The molecule has 2 amide bonds. The van der Waals surface area contributed by atoms with Gasteiger partial charge in [0.25, 0.3) is 0 Å². The molecule has 1 aliphatic rings. The number of nitrogens with zero attached hydrogens (tertiary/aromatic N) is 1. The molecule has 7 heteroatoms. The molecule has 1 aromatic carbocycles. The van der Waals surface area contributed by atoms with Gasteiger partial charge in [0.05, 0.1) is 24.9 Å². The van der Waals surface area contributed by atoms with Crippen LogP contribution in [0.3, 0.4) is 0 Å². The molecule has 0 saturated heterocycles. The van der Waals surface area contributed by atoms with Gasteiger partial charge in [-0.15, -0.1) is 11.3 Å². The molecule has 1 aliphatic heterocycles. The quantitative estimate of drug-likeness (QED) is 0.799. The molecule has 6 nitrogen and oxygen atoms in total. The minimum atomic E-state index is -0.970. The number of fused-ring (bicyclic) bond motifs is 1. The van der Waals surface area contributed by atoms with E-state index in [4.69, 9.17) is 5.11 Å². The van der Waals surface area contributed by atoms with Crippen LogP contribution in [0.15, 0.2) is 41.8 Å². The number of hydrogen-bond donors (Lipinski definition) is 2. The zero-order chi connectivity index (χ0) is 19.4. The Morgan fingerprint density at radius 1 is 1.26 bits per heavy atom. The molecule has 0 aliphatic carbocycles. The third-order valence-electron chi connectivity index (χ3n) is 4.80. The number of nitrogens with one attached hydrogen (secondary N) is 1. The van der Waals surface area contributed by atoms with Crippen LogP contribution in [-0.2, 0) is 20.8 Å². The molecular formula is C20H22N2O4S. The number of rotatable bonds is 6. The van der Waals surface area contributed by atoms with Gasteiger partial charge in [-0.3, -0.25) is 14.4 Å². The van der Waals surface area contributed by atoms with E-state index in [1.165, 1.54) is 18.3 Å². The van der Waals surface area contributed by atoms with Crippen LogP contribution >= 0.6 is 11.3 Å². The third-order valence-corrected chi connectivity index (χ3v) is 5.78. The molecule has 2 N–H and O–H groups in total. The molecule has 2 aromatic rings. The van der Waals surface area contributed by atoms with Crippen molar-refractivity contribution >= 4 is 29.1 Å². The van der Waals surface area contributed by atoms with Gasteiger partial charge in [0.2, 0.25) is 11.8 Å². The number of carboxylic acid groups (broad SMARTS) is 1. The van der Waals surface area contributed by atoms with Gasteiger partial charge in [0.1, 0.15) is 0 Å². The molecule has 142 valence electrons. The highest BCUT2D eigenvalue weighted by atomic mass is 32.1. The van der Waals surface area contributed by atoms with Gasteiger partial charge in [-0.1, -0.05) is 30.3 Å². The smallest absolute Gasteiger partial charge is 0.305 e. The zero-order valence-electron chi connectivity index (χ0n) is 15.1. The Morgan fingerprint density at radius 2 is 2.04 bits per heavy atom. The lowest BCUT2D eigenvalue weighted by atomic mass is 9.90. The number of benzene rings is 1. The average molecular weight is 386 g/mol. The van der Waals surface area contributed by atoms with Crippen LogP contribution in [0.5, 0.6) is 0 Å². The SMILES string of the molecule is CC(=O)N1CCc2ccccc2[C@@H]1CC(=O)N[C@@H](CC(=O)O)c1cccs1. The van der Waals surface area contributed by atoms with Gasteiger partial charge in [0.15, 0.2) is 0 Å². The predicted molar refractivity (Wildman–Crippen MR) is 102 cm³/mol. The fourth-order valence-corrected chi connectivity index (χ4v) is 4.34. The Hall–Kier alpha value is -2.67. The highest BCUT2D eigenvalue weighted by Crippen LogP contribution is 2.32. The van der Waals surface area contributed by atoms with Crippen molar-refractivity contribution in [2.75, 3.05) is 6.54 Å². The fourth-order valence-electron chi connectivity index (χ4n) is 3.56. The number of thiophene rings is 1. The summed E-state index contributed by atoms with van der Waals surface area (Å²) >= 11 is 1.41. The van der Waals surface area contributed by atoms with Gasteiger partial charge in [-0.2, -0.15) is 0 Å². The topological polar surface area (TPSA) is 86.7 Å². The van der Waals surface area contributed by atoms with E-state index in [9.17, 15) is 14.4 Å². The Bertz CT molecular complexity index is 834. The van der Waals surface area contributed by atoms with E-state index >= 15 is 0 Å². The molecular weight excluding hydrogens is 364 g/mol. The largest absolute Gasteiger partial charge is 0.481 e. The van der Waals surface area contributed by atoms with Crippen molar-refractivity contribution < 1.29 is 19.5 Å². The van der Waals surface area contributed by atoms with E-state index in [0.29, 0.717) is 6.54 Å². The van der Waals surface area contributed by atoms with Crippen molar-refractivity contribution in [3.8, 4) is 0 Å². The number of carbonyl (C=O) groups is 3. The van der Waals surface area contributed by atoms with E-state index in [-0.39, 0.29) is 30.7 Å². The van der Waals surface area contributed by atoms with Crippen LogP contribution in [0.25, 0.3) is 0 Å². The second-order valence-electron chi connectivity index (χ2n) is 6.61. The van der Waals surface area contributed by atoms with E-state index in [1.54, 1.807) is 4.90 Å². The molecule has 3 rings (SSSR count). The van der Waals surface area contributed by atoms with Crippen molar-refractivity contribution in [1.82, 2.24) is 10.2 Å². The summed E-state index contributed by atoms with van der Waals surface area (Å²) in [5.74, 6) is -1.30. The van der Waals surface area contributed by atoms with Crippen LogP contribution in [0.4, 0.5) is 0 Å². The maximum atomic E-state index is 12.7. The first-order valence-corrected chi connectivity index (χ1v) is 9.73. The summed E-state index contributed by atoms with van der Waals surface area (Å²) in [5, 5.41) is 13.9. The van der Waals surface area contributed by atoms with Crippen molar-refractivity contribution in [2.24, 2.45) is 0 Å². The number of amides is 2. The minimum Gasteiger partial charge on any atom is -0.481 e. The summed E-state index contributed by atoms with van der Waals surface area (Å²) < 4.78 is 0. The molecule has 0 radical (unpaired) electrons. The summed E-state index contributed by atoms with van der Waals surface area (Å²) in [7, 11) is 0. The molecule has 27 heavy (non-hydrogen) atoms. The summed E-state index contributed by atoms with van der Waals surface area (Å²) in [6, 6.07) is 10.6. The Balaban J connectivity index is 1.78. The first kappa shape index (κ1) is 19.1. The number of carboxylic acids is 1. The van der Waals surface area contributed by atoms with Crippen LogP contribution in [0.2, 0.25) is 0 Å². The van der Waals surface area contributed by atoms with Gasteiger partial charge < -0.3 is 15.3 Å². The maximum absolute atomic E-state index is 12.7. The predicted octanol–water partition coefficient (Wildman–Crippen LogP) is 2.92. The molecule has 0 bridgehead atoms. The molecule has 0 unspecified atom stereocenters. The van der Waals surface area contributed by atoms with Crippen molar-refractivity contribution in [3.63, 3.8) is 0 Å². The zero-order valence-corrected chi connectivity index (χ0v) is 15.9. The Labute approximate surface area is 161 Å². The first-order valence-electron chi connectivity index (χ1n) is 8.85. The van der Waals surface area contributed by atoms with Gasteiger partial charge in [-0.25, -0.2) is 0 Å². The second-order valence-corrected chi connectivity index (χ2v) is 7.59. The van der Waals surface area contributed by atoms with Crippen molar-refractivity contribution in [2.45, 2.75) is 38.3 Å². The minimum absolute atomic E-state index is 0.0670. The normalized spacial score (nSPS) is 17.1. The van der Waals surface area contributed by atoms with E-state index in [0.717, 1.165) is 22.4 Å². The lowest BCUT2D eigenvalue weighted by molar-refractivity contribution is -0.137. The summed E-state index contributed by atoms with van der Waals surface area (Å²) in [6.45, 7) is 2.09. The standard InChI is InChI=1S/C20H22N2O4S/c1-13(23)22-9-8-14-5-2-3-6-15(14)17(22)12-19(24)21-16(11-20(25)26)18-7-4-10-27-18/h2-7,10,16-17H,8-9,11-12H2,1H3,(H,21,24)(H,25,26)/t16-,17-/m0/s1. The van der Waals surface area contributed by atoms with Crippen LogP contribution in [0.1, 0.15) is 47.9 Å². The number of carbonyl (C=O) groups excluding carboxylic acids is 2. The van der Waals surface area contributed by atoms with Crippen molar-refractivity contribution in [1.29, 1.82) is 0 Å². The maximum Gasteiger partial charge on any atom is 0.305 e. The average Bonchev–Trinajstić information content (AvgIpc) is 3.15. The lowest BCUT2D eigenvalue weighted by Gasteiger charge is -2.36. The van der Waals surface area contributed by atoms with Gasteiger partial charge in [-0.05, 0) is 29.0 Å². The van der Waals surface area contributed by atoms with E-state index < -0.39 is 12.0 Å². The number of hydrogen-bond acceptors (Lipinski definition) is 4. The Kier molecular flexibility index (Phi) is 5.91.